The van der Waals surface area contributed by atoms with Gasteiger partial charge < -0.3 is 0 Å². The number of carbonyl (C=O) groups is 1. The second-order valence-electron chi connectivity index (χ2n) is 1.73. The molecule has 0 N–H and O–H groups in total. The van der Waals surface area contributed by atoms with E-state index in [2.05, 4.69) is 18.2 Å². The van der Waals surface area contributed by atoms with Crippen molar-refractivity contribution in [3.05, 3.63) is 12.2 Å². The van der Waals surface area contributed by atoms with Gasteiger partial charge in [-0.2, -0.15) is 0 Å². The van der Waals surface area contributed by atoms with Crippen LogP contribution in [0.15, 0.2) is 12.2 Å². The summed E-state index contributed by atoms with van der Waals surface area (Å²) in [6, 6.07) is 0. The van der Waals surface area contributed by atoms with E-state index in [9.17, 15) is 4.79 Å². The van der Waals surface area contributed by atoms with Gasteiger partial charge in [0.05, 0.1) is 0 Å². The Balaban J connectivity index is 3.52. The van der Waals surface area contributed by atoms with Crippen LogP contribution in [0.5, 0.6) is 0 Å². The Hall–Kier alpha value is -0.000390. The summed E-state index contributed by atoms with van der Waals surface area (Å²) in [5.41, 5.74) is 0.631. The van der Waals surface area contributed by atoms with Gasteiger partial charge in [-0.05, 0) is 0 Å². The van der Waals surface area contributed by atoms with Crippen LogP contribution in [0.3, 0.4) is 0 Å². The predicted molar refractivity (Wildman–Crippen MR) is 42.2 cm³/mol. The fourth-order valence-electron chi connectivity index (χ4n) is 0.429. The molecule has 0 rings (SSSR count). The first-order valence-electron chi connectivity index (χ1n) is 3.06. The Kier molecular flexibility index (Phi) is 5.76. The molecule has 10 heavy (non-hydrogen) atoms. The average molecular weight is 256 g/mol. The summed E-state index contributed by atoms with van der Waals surface area (Å²) in [6.45, 7) is 5.75. The van der Waals surface area contributed by atoms with Crippen LogP contribution >= 0.6 is 0 Å². The Morgan fingerprint density at radius 1 is 1.70 bits per heavy atom. The second kappa shape index (κ2) is 5.76. The van der Waals surface area contributed by atoms with Crippen LogP contribution in [0.25, 0.3) is 0 Å². The molecule has 58 valence electrons. The Morgan fingerprint density at radius 2 is 2.30 bits per heavy atom. The standard InChI is InChI=1S/C7H12O2Te/c1-4-10-5-6(2)7(8)9-3/h2,4-5H2,1,3H3. The van der Waals surface area contributed by atoms with Gasteiger partial charge in [0, 0.05) is 0 Å². The van der Waals surface area contributed by atoms with Crippen molar-refractivity contribution < 1.29 is 9.53 Å². The van der Waals surface area contributed by atoms with Crippen LogP contribution < -0.4 is 0 Å². The molecule has 0 fully saturated rings. The molecule has 2 nitrogen and oxygen atoms in total. The van der Waals surface area contributed by atoms with Crippen molar-refractivity contribution in [1.82, 2.24) is 0 Å². The van der Waals surface area contributed by atoms with E-state index in [-0.39, 0.29) is 26.9 Å². The van der Waals surface area contributed by atoms with Crippen molar-refractivity contribution in [2.45, 2.75) is 15.9 Å². The molecular weight excluding hydrogens is 244 g/mol. The van der Waals surface area contributed by atoms with E-state index >= 15 is 0 Å². The number of hydrogen-bond donors (Lipinski definition) is 0. The predicted octanol–water partition coefficient (Wildman–Crippen LogP) is 1.28. The quantitative estimate of drug-likeness (QED) is 0.430. The van der Waals surface area contributed by atoms with Gasteiger partial charge in [0.1, 0.15) is 0 Å². The first-order chi connectivity index (χ1) is 4.72. The fourth-order valence-corrected chi connectivity index (χ4v) is 2.05. The zero-order chi connectivity index (χ0) is 7.98. The Labute approximate surface area is 71.7 Å². The van der Waals surface area contributed by atoms with Crippen LogP contribution in [0.4, 0.5) is 0 Å². The number of esters is 1. The van der Waals surface area contributed by atoms with E-state index < -0.39 is 0 Å². The molecular formula is C7H12O2Te. The van der Waals surface area contributed by atoms with Gasteiger partial charge >= 0.3 is 71.5 Å². The van der Waals surface area contributed by atoms with Crippen molar-refractivity contribution in [3.63, 3.8) is 0 Å². The van der Waals surface area contributed by atoms with Crippen LogP contribution in [-0.2, 0) is 9.53 Å². The van der Waals surface area contributed by atoms with Crippen LogP contribution in [0.2, 0.25) is 8.94 Å². The van der Waals surface area contributed by atoms with Crippen LogP contribution in [0, 0.1) is 0 Å². The minimum absolute atomic E-state index is 0.00873. The summed E-state index contributed by atoms with van der Waals surface area (Å²) < 4.78 is 6.58. The molecule has 0 aliphatic carbocycles. The van der Waals surface area contributed by atoms with E-state index in [1.165, 1.54) is 11.6 Å². The first kappa shape index (κ1) is 10.00. The Morgan fingerprint density at radius 3 is 2.70 bits per heavy atom. The van der Waals surface area contributed by atoms with Gasteiger partial charge in [0.15, 0.2) is 0 Å². The SMILES string of the molecule is C=C(C[Te]CC)C(=O)OC. The van der Waals surface area contributed by atoms with E-state index in [0.717, 1.165) is 4.47 Å². The van der Waals surface area contributed by atoms with Gasteiger partial charge in [-0.3, -0.25) is 0 Å². The number of ether oxygens (including phenoxy) is 1. The van der Waals surface area contributed by atoms with Crippen molar-refractivity contribution in [1.29, 1.82) is 0 Å². The van der Waals surface area contributed by atoms with Gasteiger partial charge in [0.25, 0.3) is 0 Å². The molecule has 0 heterocycles. The zero-order valence-corrected chi connectivity index (χ0v) is 8.68. The van der Waals surface area contributed by atoms with Gasteiger partial charge in [-0.25, -0.2) is 0 Å². The van der Waals surface area contributed by atoms with E-state index in [1.54, 1.807) is 0 Å². The number of hydrogen-bond acceptors (Lipinski definition) is 2. The molecule has 0 spiro atoms. The van der Waals surface area contributed by atoms with E-state index in [0.29, 0.717) is 5.57 Å². The van der Waals surface area contributed by atoms with Crippen LogP contribution in [-0.4, -0.2) is 34.0 Å². The van der Waals surface area contributed by atoms with Crippen molar-refractivity contribution in [2.75, 3.05) is 7.11 Å². The third-order valence-corrected chi connectivity index (χ3v) is 3.70. The molecule has 0 saturated carbocycles. The molecule has 0 aromatic rings. The molecule has 0 aliphatic heterocycles. The van der Waals surface area contributed by atoms with Crippen molar-refractivity contribution in [2.24, 2.45) is 0 Å². The molecule has 0 aromatic carbocycles. The van der Waals surface area contributed by atoms with Gasteiger partial charge in [-0.1, -0.05) is 0 Å². The maximum absolute atomic E-state index is 10.7. The van der Waals surface area contributed by atoms with E-state index in [4.69, 9.17) is 0 Å². The van der Waals surface area contributed by atoms with Crippen molar-refractivity contribution in [3.8, 4) is 0 Å². The summed E-state index contributed by atoms with van der Waals surface area (Å²) in [5, 5.41) is 0. The summed E-state index contributed by atoms with van der Waals surface area (Å²) in [4.78, 5) is 10.7. The molecule has 3 heteroatoms. The van der Waals surface area contributed by atoms with E-state index in [1.807, 2.05) is 0 Å². The summed E-state index contributed by atoms with van der Waals surface area (Å²) >= 11 is -0.00873. The third kappa shape index (κ3) is 3.92. The zero-order valence-electron chi connectivity index (χ0n) is 6.35. The van der Waals surface area contributed by atoms with Crippen molar-refractivity contribution >= 4 is 26.9 Å². The van der Waals surface area contributed by atoms with Gasteiger partial charge in [0.2, 0.25) is 0 Å². The summed E-state index contributed by atoms with van der Waals surface area (Å²) in [6.07, 6.45) is 0. The Bertz CT molecular complexity index is 132. The average Bonchev–Trinajstić information content (AvgIpc) is 1.98. The summed E-state index contributed by atoms with van der Waals surface area (Å²) in [7, 11) is 1.39. The molecule has 0 atom stereocenters. The number of methoxy groups -OCH3 is 1. The molecule has 0 aromatic heterocycles. The van der Waals surface area contributed by atoms with Crippen LogP contribution in [0.1, 0.15) is 6.92 Å². The summed E-state index contributed by atoms with van der Waals surface area (Å²) in [5.74, 6) is -0.251. The number of carbonyl (C=O) groups excluding carboxylic acids is 1. The third-order valence-electron chi connectivity index (χ3n) is 0.954. The molecule has 0 aliphatic rings. The topological polar surface area (TPSA) is 26.3 Å². The maximum atomic E-state index is 10.7. The molecule has 0 amide bonds. The molecule has 0 radical (unpaired) electrons. The second-order valence-corrected chi connectivity index (χ2v) is 5.37. The monoisotopic (exact) mass is 258 g/mol. The molecule has 0 bridgehead atoms. The molecule has 0 saturated heterocycles. The molecule has 0 unspecified atom stereocenters. The first-order valence-corrected chi connectivity index (χ1v) is 6.35. The van der Waals surface area contributed by atoms with Gasteiger partial charge in [-0.15, -0.1) is 0 Å². The fraction of sp³-hybridized carbons (Fsp3) is 0.571. The number of rotatable bonds is 4. The normalized spacial score (nSPS) is 9.00. The minimum atomic E-state index is -0.251.